The second-order valence-corrected chi connectivity index (χ2v) is 7.56. The SMILES string of the molecule is CN=C(NCCN1CCc2sccc2C1)NCc1ccc(C)cc1OC. The first-order valence-electron chi connectivity index (χ1n) is 9.05. The summed E-state index contributed by atoms with van der Waals surface area (Å²) >= 11 is 1.89. The van der Waals surface area contributed by atoms with E-state index >= 15 is 0 Å². The zero-order valence-electron chi connectivity index (χ0n) is 15.8. The Labute approximate surface area is 160 Å². The number of aryl methyl sites for hydroxylation is 1. The summed E-state index contributed by atoms with van der Waals surface area (Å²) in [6.45, 7) is 6.86. The minimum atomic E-state index is 0.686. The maximum Gasteiger partial charge on any atom is 0.191 e. The Morgan fingerprint density at radius 2 is 2.19 bits per heavy atom. The number of nitrogens with one attached hydrogen (secondary N) is 2. The van der Waals surface area contributed by atoms with Crippen molar-refractivity contribution in [1.29, 1.82) is 0 Å². The van der Waals surface area contributed by atoms with Crippen LogP contribution in [0.1, 0.15) is 21.6 Å². The molecule has 2 N–H and O–H groups in total. The van der Waals surface area contributed by atoms with Crippen LogP contribution < -0.4 is 15.4 Å². The number of rotatable bonds is 6. The van der Waals surface area contributed by atoms with Gasteiger partial charge in [-0.3, -0.25) is 9.89 Å². The Balaban J connectivity index is 1.44. The zero-order valence-corrected chi connectivity index (χ0v) is 16.7. The Morgan fingerprint density at radius 1 is 1.31 bits per heavy atom. The van der Waals surface area contributed by atoms with Crippen molar-refractivity contribution in [2.45, 2.75) is 26.4 Å². The second-order valence-electron chi connectivity index (χ2n) is 6.56. The predicted molar refractivity (Wildman–Crippen MR) is 109 cm³/mol. The van der Waals surface area contributed by atoms with Gasteiger partial charge in [-0.15, -0.1) is 11.3 Å². The molecule has 0 atom stereocenters. The molecule has 1 aliphatic heterocycles. The van der Waals surface area contributed by atoms with Crippen molar-refractivity contribution in [2.24, 2.45) is 4.99 Å². The van der Waals surface area contributed by atoms with Crippen LogP contribution in [-0.4, -0.2) is 44.7 Å². The first-order valence-corrected chi connectivity index (χ1v) is 9.93. The number of nitrogens with zero attached hydrogens (tertiary/aromatic N) is 2. The van der Waals surface area contributed by atoms with E-state index in [0.717, 1.165) is 43.5 Å². The first-order chi connectivity index (χ1) is 12.7. The zero-order chi connectivity index (χ0) is 18.4. The Morgan fingerprint density at radius 3 is 3.00 bits per heavy atom. The van der Waals surface area contributed by atoms with E-state index in [1.807, 2.05) is 11.3 Å². The van der Waals surface area contributed by atoms with Crippen LogP contribution in [0.25, 0.3) is 0 Å². The third-order valence-electron chi connectivity index (χ3n) is 4.72. The Hall–Kier alpha value is -2.05. The smallest absolute Gasteiger partial charge is 0.191 e. The molecule has 5 nitrogen and oxygen atoms in total. The Bertz CT molecular complexity index is 756. The van der Waals surface area contributed by atoms with E-state index < -0.39 is 0 Å². The van der Waals surface area contributed by atoms with Crippen LogP contribution in [0.15, 0.2) is 34.6 Å². The van der Waals surface area contributed by atoms with Gasteiger partial charge in [0.15, 0.2) is 5.96 Å². The highest BCUT2D eigenvalue weighted by Gasteiger charge is 2.16. The van der Waals surface area contributed by atoms with Gasteiger partial charge in [0, 0.05) is 50.2 Å². The summed E-state index contributed by atoms with van der Waals surface area (Å²) < 4.78 is 5.47. The van der Waals surface area contributed by atoms with Gasteiger partial charge in [-0.2, -0.15) is 0 Å². The van der Waals surface area contributed by atoms with Crippen molar-refractivity contribution in [3.05, 3.63) is 51.2 Å². The molecule has 0 fully saturated rings. The summed E-state index contributed by atoms with van der Waals surface area (Å²) in [6, 6.07) is 8.52. The van der Waals surface area contributed by atoms with Gasteiger partial charge in [-0.25, -0.2) is 0 Å². The van der Waals surface area contributed by atoms with Crippen molar-refractivity contribution in [1.82, 2.24) is 15.5 Å². The van der Waals surface area contributed by atoms with Crippen LogP contribution in [0, 0.1) is 6.92 Å². The number of hydrogen-bond acceptors (Lipinski definition) is 4. The van der Waals surface area contributed by atoms with Crippen molar-refractivity contribution < 1.29 is 4.74 Å². The molecular formula is C20H28N4OS. The lowest BCUT2D eigenvalue weighted by molar-refractivity contribution is 0.260. The highest BCUT2D eigenvalue weighted by atomic mass is 32.1. The fourth-order valence-electron chi connectivity index (χ4n) is 3.23. The molecule has 140 valence electrons. The molecule has 0 aliphatic carbocycles. The van der Waals surface area contributed by atoms with E-state index in [4.69, 9.17) is 4.74 Å². The van der Waals surface area contributed by atoms with Crippen molar-refractivity contribution in [3.8, 4) is 5.75 Å². The summed E-state index contributed by atoms with van der Waals surface area (Å²) in [7, 11) is 3.52. The molecule has 1 aromatic heterocycles. The monoisotopic (exact) mass is 372 g/mol. The lowest BCUT2D eigenvalue weighted by atomic mass is 10.1. The number of benzene rings is 1. The van der Waals surface area contributed by atoms with Gasteiger partial charge >= 0.3 is 0 Å². The average Bonchev–Trinajstić information content (AvgIpc) is 3.13. The van der Waals surface area contributed by atoms with E-state index in [1.165, 1.54) is 17.5 Å². The molecule has 26 heavy (non-hydrogen) atoms. The highest BCUT2D eigenvalue weighted by Crippen LogP contribution is 2.23. The predicted octanol–water partition coefficient (Wildman–Crippen LogP) is 2.79. The van der Waals surface area contributed by atoms with Crippen LogP contribution in [0.2, 0.25) is 0 Å². The fourth-order valence-corrected chi connectivity index (χ4v) is 4.12. The largest absolute Gasteiger partial charge is 0.496 e. The number of ether oxygens (including phenoxy) is 1. The number of fused-ring (bicyclic) bond motifs is 1. The van der Waals surface area contributed by atoms with Gasteiger partial charge in [0.25, 0.3) is 0 Å². The molecule has 3 rings (SSSR count). The summed E-state index contributed by atoms with van der Waals surface area (Å²) in [5.74, 6) is 1.73. The highest BCUT2D eigenvalue weighted by molar-refractivity contribution is 7.10. The number of hydrogen-bond donors (Lipinski definition) is 2. The van der Waals surface area contributed by atoms with Crippen molar-refractivity contribution in [2.75, 3.05) is 33.8 Å². The van der Waals surface area contributed by atoms with Crippen LogP contribution in [0.3, 0.4) is 0 Å². The van der Waals surface area contributed by atoms with Crippen molar-refractivity contribution >= 4 is 17.3 Å². The quantitative estimate of drug-likeness (QED) is 0.605. The normalized spacial score (nSPS) is 14.8. The standard InChI is InChI=1S/C20H28N4OS/c1-15-4-5-16(18(12-15)25-3)13-23-20(21-2)22-8-10-24-9-6-19-17(14-24)7-11-26-19/h4-5,7,11-12H,6,8-10,13-14H2,1-3H3,(H2,21,22,23). The molecule has 0 saturated carbocycles. The molecule has 0 saturated heterocycles. The minimum Gasteiger partial charge on any atom is -0.496 e. The van der Waals surface area contributed by atoms with Crippen LogP contribution in [-0.2, 0) is 19.5 Å². The molecule has 6 heteroatoms. The van der Waals surface area contributed by atoms with Gasteiger partial charge in [0.05, 0.1) is 7.11 Å². The molecule has 0 amide bonds. The molecule has 1 aromatic carbocycles. The molecule has 0 spiro atoms. The maximum atomic E-state index is 5.47. The second kappa shape index (κ2) is 9.05. The summed E-state index contributed by atoms with van der Waals surface area (Å²) in [5, 5.41) is 8.99. The molecular weight excluding hydrogens is 344 g/mol. The number of methoxy groups -OCH3 is 1. The Kier molecular flexibility index (Phi) is 6.52. The summed E-state index contributed by atoms with van der Waals surface area (Å²) in [6.07, 6.45) is 1.17. The summed E-state index contributed by atoms with van der Waals surface area (Å²) in [5.41, 5.74) is 3.82. The van der Waals surface area contributed by atoms with Gasteiger partial charge in [-0.1, -0.05) is 12.1 Å². The topological polar surface area (TPSA) is 48.9 Å². The molecule has 0 radical (unpaired) electrons. The molecule has 1 aliphatic rings. The van der Waals surface area contributed by atoms with Gasteiger partial charge in [0.2, 0.25) is 0 Å². The lowest BCUT2D eigenvalue weighted by Gasteiger charge is -2.27. The number of aliphatic imine (C=N–C) groups is 1. The lowest BCUT2D eigenvalue weighted by Crippen LogP contribution is -2.42. The van der Waals surface area contributed by atoms with E-state index in [-0.39, 0.29) is 0 Å². The van der Waals surface area contributed by atoms with Gasteiger partial charge in [-0.05, 0) is 42.0 Å². The summed E-state index contributed by atoms with van der Waals surface area (Å²) in [4.78, 5) is 8.38. The van der Waals surface area contributed by atoms with Crippen LogP contribution in [0.4, 0.5) is 0 Å². The average molecular weight is 373 g/mol. The van der Waals surface area contributed by atoms with E-state index in [9.17, 15) is 0 Å². The third kappa shape index (κ3) is 4.77. The fraction of sp³-hybridized carbons (Fsp3) is 0.450. The number of guanidine groups is 1. The third-order valence-corrected chi connectivity index (χ3v) is 5.74. The number of thiophene rings is 1. The minimum absolute atomic E-state index is 0.686. The van der Waals surface area contributed by atoms with Crippen LogP contribution >= 0.6 is 11.3 Å². The van der Waals surface area contributed by atoms with Gasteiger partial charge in [0.1, 0.15) is 5.75 Å². The van der Waals surface area contributed by atoms with Crippen molar-refractivity contribution in [3.63, 3.8) is 0 Å². The maximum absolute atomic E-state index is 5.47. The van der Waals surface area contributed by atoms with E-state index in [0.29, 0.717) is 6.54 Å². The first kappa shape index (κ1) is 18.7. The molecule has 0 unspecified atom stereocenters. The van der Waals surface area contributed by atoms with Crippen LogP contribution in [0.5, 0.6) is 5.75 Å². The molecule has 2 heterocycles. The van der Waals surface area contributed by atoms with E-state index in [2.05, 4.69) is 57.1 Å². The van der Waals surface area contributed by atoms with E-state index in [1.54, 1.807) is 19.0 Å². The van der Waals surface area contributed by atoms with Gasteiger partial charge < -0.3 is 15.4 Å². The molecule has 2 aromatic rings. The molecule has 0 bridgehead atoms.